The maximum absolute atomic E-state index is 11.6. The minimum absolute atomic E-state index is 0.122. The third-order valence-electron chi connectivity index (χ3n) is 2.40. The van der Waals surface area contributed by atoms with Crippen LogP contribution in [0.25, 0.3) is 0 Å². The SMILES string of the molecule is CN1CC(=O)N(Cc2cccnc2Cl)C1=O. The van der Waals surface area contributed by atoms with Crippen molar-refractivity contribution in [2.45, 2.75) is 6.54 Å². The molecule has 84 valence electrons. The summed E-state index contributed by atoms with van der Waals surface area (Å²) in [6.45, 7) is 0.297. The topological polar surface area (TPSA) is 53.5 Å². The van der Waals surface area contributed by atoms with Crippen LogP contribution in [-0.4, -0.2) is 40.3 Å². The van der Waals surface area contributed by atoms with Crippen LogP contribution in [0.4, 0.5) is 4.79 Å². The van der Waals surface area contributed by atoms with Crippen molar-refractivity contribution < 1.29 is 9.59 Å². The van der Waals surface area contributed by atoms with Gasteiger partial charge in [0, 0.05) is 18.8 Å². The second-order valence-electron chi connectivity index (χ2n) is 3.57. The van der Waals surface area contributed by atoms with Crippen LogP contribution in [0.2, 0.25) is 5.15 Å². The highest BCUT2D eigenvalue weighted by Gasteiger charge is 2.33. The molecule has 0 atom stereocenters. The Hall–Kier alpha value is -1.62. The van der Waals surface area contributed by atoms with Crippen LogP contribution in [0.5, 0.6) is 0 Å². The van der Waals surface area contributed by atoms with E-state index in [9.17, 15) is 9.59 Å². The van der Waals surface area contributed by atoms with E-state index in [-0.39, 0.29) is 25.0 Å². The summed E-state index contributed by atoms with van der Waals surface area (Å²) in [4.78, 5) is 29.5. The zero-order valence-corrected chi connectivity index (χ0v) is 9.44. The number of urea groups is 1. The van der Waals surface area contributed by atoms with Crippen LogP contribution in [0.3, 0.4) is 0 Å². The van der Waals surface area contributed by atoms with Crippen LogP contribution in [0.1, 0.15) is 5.56 Å². The molecule has 2 rings (SSSR count). The highest BCUT2D eigenvalue weighted by Crippen LogP contribution is 2.17. The fourth-order valence-electron chi connectivity index (χ4n) is 1.53. The monoisotopic (exact) mass is 239 g/mol. The average Bonchev–Trinajstić information content (AvgIpc) is 2.48. The van der Waals surface area contributed by atoms with E-state index in [1.807, 2.05) is 0 Å². The highest BCUT2D eigenvalue weighted by atomic mass is 35.5. The molecule has 1 aliphatic heterocycles. The molecule has 0 aromatic carbocycles. The first-order valence-corrected chi connectivity index (χ1v) is 5.12. The number of carbonyl (C=O) groups excluding carboxylic acids is 2. The van der Waals surface area contributed by atoms with E-state index in [1.54, 1.807) is 25.4 Å². The van der Waals surface area contributed by atoms with Crippen molar-refractivity contribution in [2.24, 2.45) is 0 Å². The van der Waals surface area contributed by atoms with Gasteiger partial charge in [0.15, 0.2) is 0 Å². The third kappa shape index (κ3) is 1.86. The Bertz CT molecular complexity index is 449. The average molecular weight is 240 g/mol. The van der Waals surface area contributed by atoms with Gasteiger partial charge in [-0.05, 0) is 6.07 Å². The molecule has 1 aliphatic rings. The van der Waals surface area contributed by atoms with Crippen LogP contribution in [0, 0.1) is 0 Å². The van der Waals surface area contributed by atoms with Crippen LogP contribution in [0.15, 0.2) is 18.3 Å². The Balaban J connectivity index is 2.20. The van der Waals surface area contributed by atoms with E-state index < -0.39 is 0 Å². The van der Waals surface area contributed by atoms with E-state index in [1.165, 1.54) is 9.80 Å². The molecule has 0 saturated carbocycles. The molecule has 0 spiro atoms. The lowest BCUT2D eigenvalue weighted by atomic mass is 10.2. The molecule has 0 N–H and O–H groups in total. The number of nitrogens with zero attached hydrogens (tertiary/aromatic N) is 3. The predicted molar refractivity (Wildman–Crippen MR) is 57.8 cm³/mol. The maximum atomic E-state index is 11.6. The lowest BCUT2D eigenvalue weighted by Gasteiger charge is -2.14. The molecule has 0 bridgehead atoms. The second-order valence-corrected chi connectivity index (χ2v) is 3.93. The molecule has 6 heteroatoms. The number of halogens is 1. The Morgan fingerprint density at radius 1 is 1.50 bits per heavy atom. The Kier molecular flexibility index (Phi) is 2.78. The molecular weight excluding hydrogens is 230 g/mol. The van der Waals surface area contributed by atoms with Crippen molar-refractivity contribution in [3.05, 3.63) is 29.0 Å². The summed E-state index contributed by atoms with van der Waals surface area (Å²) < 4.78 is 0. The van der Waals surface area contributed by atoms with Gasteiger partial charge >= 0.3 is 6.03 Å². The standard InChI is InChI=1S/C10H10ClN3O2/c1-13-6-8(15)14(10(13)16)5-7-3-2-4-12-9(7)11/h2-4H,5-6H2,1H3. The maximum Gasteiger partial charge on any atom is 0.327 e. The Morgan fingerprint density at radius 2 is 2.25 bits per heavy atom. The van der Waals surface area contributed by atoms with E-state index in [2.05, 4.69) is 4.98 Å². The fourth-order valence-corrected chi connectivity index (χ4v) is 1.71. The normalized spacial score (nSPS) is 16.1. The lowest BCUT2D eigenvalue weighted by Crippen LogP contribution is -2.31. The summed E-state index contributed by atoms with van der Waals surface area (Å²) in [5, 5.41) is 0.317. The number of aromatic nitrogens is 1. The number of carbonyl (C=O) groups is 2. The van der Waals surface area contributed by atoms with E-state index in [0.717, 1.165) is 0 Å². The van der Waals surface area contributed by atoms with Crippen molar-refractivity contribution in [1.82, 2.24) is 14.8 Å². The van der Waals surface area contributed by atoms with Gasteiger partial charge in [0.2, 0.25) is 0 Å². The van der Waals surface area contributed by atoms with Crippen LogP contribution < -0.4 is 0 Å². The van der Waals surface area contributed by atoms with Gasteiger partial charge in [0.25, 0.3) is 5.91 Å². The Morgan fingerprint density at radius 3 is 2.81 bits per heavy atom. The summed E-state index contributed by atoms with van der Waals surface area (Å²) >= 11 is 5.86. The Labute approximate surface area is 97.6 Å². The number of hydrogen-bond acceptors (Lipinski definition) is 3. The van der Waals surface area contributed by atoms with Crippen molar-refractivity contribution in [3.63, 3.8) is 0 Å². The van der Waals surface area contributed by atoms with Gasteiger partial charge in [-0.15, -0.1) is 0 Å². The summed E-state index contributed by atoms with van der Waals surface area (Å²) in [7, 11) is 1.59. The fraction of sp³-hybridized carbons (Fsp3) is 0.300. The van der Waals surface area contributed by atoms with Crippen LogP contribution >= 0.6 is 11.6 Å². The van der Waals surface area contributed by atoms with Crippen LogP contribution in [-0.2, 0) is 11.3 Å². The predicted octanol–water partition coefficient (Wildman–Crippen LogP) is 1.13. The number of amides is 3. The summed E-state index contributed by atoms with van der Waals surface area (Å²) in [6.07, 6.45) is 1.56. The van der Waals surface area contributed by atoms with E-state index >= 15 is 0 Å². The van der Waals surface area contributed by atoms with Gasteiger partial charge in [-0.25, -0.2) is 9.78 Å². The summed E-state index contributed by atoms with van der Waals surface area (Å²) in [5.74, 6) is -0.215. The highest BCUT2D eigenvalue weighted by molar-refractivity contribution is 6.30. The molecule has 1 fully saturated rings. The minimum Gasteiger partial charge on any atom is -0.318 e. The molecule has 5 nitrogen and oxygen atoms in total. The molecular formula is C10H10ClN3O2. The van der Waals surface area contributed by atoms with Crippen molar-refractivity contribution in [3.8, 4) is 0 Å². The molecule has 16 heavy (non-hydrogen) atoms. The minimum atomic E-state index is -0.301. The molecule has 0 aliphatic carbocycles. The van der Waals surface area contributed by atoms with Gasteiger partial charge < -0.3 is 4.90 Å². The first kappa shape index (κ1) is 10.9. The van der Waals surface area contributed by atoms with Gasteiger partial charge in [-0.3, -0.25) is 9.69 Å². The summed E-state index contributed by atoms with van der Waals surface area (Å²) in [5.41, 5.74) is 0.668. The van der Waals surface area contributed by atoms with Crippen molar-refractivity contribution in [1.29, 1.82) is 0 Å². The number of pyridine rings is 1. The second kappa shape index (κ2) is 4.09. The van der Waals surface area contributed by atoms with Gasteiger partial charge in [0.05, 0.1) is 6.54 Å². The number of hydrogen-bond donors (Lipinski definition) is 0. The zero-order chi connectivity index (χ0) is 11.7. The van der Waals surface area contributed by atoms with E-state index in [4.69, 9.17) is 11.6 Å². The van der Waals surface area contributed by atoms with Gasteiger partial charge in [-0.1, -0.05) is 17.7 Å². The molecule has 2 heterocycles. The molecule has 3 amide bonds. The summed E-state index contributed by atoms with van der Waals surface area (Å²) in [6, 6.07) is 3.16. The quantitative estimate of drug-likeness (QED) is 0.574. The molecule has 1 saturated heterocycles. The molecule has 0 radical (unpaired) electrons. The number of rotatable bonds is 2. The molecule has 1 aromatic heterocycles. The molecule has 1 aromatic rings. The van der Waals surface area contributed by atoms with Gasteiger partial charge in [-0.2, -0.15) is 0 Å². The first-order chi connectivity index (χ1) is 7.59. The van der Waals surface area contributed by atoms with Crippen molar-refractivity contribution >= 4 is 23.5 Å². The van der Waals surface area contributed by atoms with Crippen molar-refractivity contribution in [2.75, 3.05) is 13.6 Å². The number of likely N-dealkylation sites (N-methyl/N-ethyl adjacent to an activating group) is 1. The zero-order valence-electron chi connectivity index (χ0n) is 8.68. The first-order valence-electron chi connectivity index (χ1n) is 4.74. The number of imide groups is 1. The largest absolute Gasteiger partial charge is 0.327 e. The smallest absolute Gasteiger partial charge is 0.318 e. The molecule has 0 unspecified atom stereocenters. The van der Waals surface area contributed by atoms with Gasteiger partial charge in [0.1, 0.15) is 11.7 Å². The van der Waals surface area contributed by atoms with E-state index in [0.29, 0.717) is 10.7 Å². The third-order valence-corrected chi connectivity index (χ3v) is 2.74. The lowest BCUT2D eigenvalue weighted by molar-refractivity contribution is -0.125.